The Balaban J connectivity index is 2.08. The third kappa shape index (κ3) is 7.76. The summed E-state index contributed by atoms with van der Waals surface area (Å²) in [5.41, 5.74) is 0.532. The molecule has 43 heavy (non-hydrogen) atoms. The minimum Gasteiger partial charge on any atom is -0.464 e. The topological polar surface area (TPSA) is 172 Å². The van der Waals surface area contributed by atoms with Gasteiger partial charge in [0, 0.05) is 6.42 Å². The van der Waals surface area contributed by atoms with Crippen molar-refractivity contribution in [3.63, 3.8) is 0 Å². The summed E-state index contributed by atoms with van der Waals surface area (Å²) in [6.45, 7) is 8.23. The number of rotatable bonds is 12. The quantitative estimate of drug-likeness (QED) is 0.175. The van der Waals surface area contributed by atoms with Crippen molar-refractivity contribution in [2.45, 2.75) is 52.5 Å². The van der Waals surface area contributed by atoms with Crippen LogP contribution in [0, 0.1) is 19.8 Å². The van der Waals surface area contributed by atoms with Crippen LogP contribution in [0.2, 0.25) is 0 Å². The highest BCUT2D eigenvalue weighted by Gasteiger charge is 2.25. The number of nitrogens with one attached hydrogen (secondary N) is 2. The second-order valence-electron chi connectivity index (χ2n) is 9.97. The normalized spacial score (nSPS) is 11.4. The molecule has 0 fully saturated rings. The maximum absolute atomic E-state index is 14.1. The number of nitrogens with zero attached hydrogens (tertiary/aromatic N) is 2. The monoisotopic (exact) mass is 616 g/mol. The average Bonchev–Trinajstić information content (AvgIpc) is 2.93. The molecular weight excluding hydrogens is 580 g/mol. The lowest BCUT2D eigenvalue weighted by Gasteiger charge is -2.19. The Morgan fingerprint density at radius 1 is 1.07 bits per heavy atom. The van der Waals surface area contributed by atoms with Crippen LogP contribution in [0.1, 0.15) is 54.5 Å². The maximum Gasteiger partial charge on any atom is 0.407 e. The molecule has 0 spiro atoms. The minimum atomic E-state index is -4.04. The summed E-state index contributed by atoms with van der Waals surface area (Å²) in [6, 6.07) is 7.33. The zero-order valence-electron chi connectivity index (χ0n) is 25.0. The van der Waals surface area contributed by atoms with Gasteiger partial charge in [-0.25, -0.2) is 27.7 Å². The summed E-state index contributed by atoms with van der Waals surface area (Å²) in [7, 11) is -2.81. The summed E-state index contributed by atoms with van der Waals surface area (Å²) in [5, 5.41) is 2.53. The van der Waals surface area contributed by atoms with E-state index < -0.39 is 34.3 Å². The number of para-hydroxylation sites is 1. The van der Waals surface area contributed by atoms with Crippen LogP contribution in [0.3, 0.4) is 0 Å². The Morgan fingerprint density at radius 3 is 2.42 bits per heavy atom. The van der Waals surface area contributed by atoms with Crippen molar-refractivity contribution in [1.29, 1.82) is 0 Å². The number of aryl methyl sites for hydroxylation is 2. The average molecular weight is 617 g/mol. The Labute approximate surface area is 249 Å². The molecule has 0 aliphatic carbocycles. The van der Waals surface area contributed by atoms with Crippen molar-refractivity contribution in [3.05, 3.63) is 63.2 Å². The van der Waals surface area contributed by atoms with Crippen LogP contribution in [-0.4, -0.2) is 62.8 Å². The number of amides is 1. The summed E-state index contributed by atoms with van der Waals surface area (Å²) in [4.78, 5) is 55.4. The number of fused-ring (bicyclic) bond motifs is 1. The van der Waals surface area contributed by atoms with Crippen molar-refractivity contribution >= 4 is 39.0 Å². The number of aromatic nitrogens is 2. The SMILES string of the molecule is CCOC(=O)c1c(C)cc2nc(COC(=O)NCCOC(=O)CC(C)C)n(-c3ccccc3S(=O)(=O)NC)c(=O)c2c1C. The van der Waals surface area contributed by atoms with Gasteiger partial charge in [-0.3, -0.25) is 14.2 Å². The first kappa shape index (κ1) is 33.2. The molecule has 0 saturated carbocycles. The predicted molar refractivity (Wildman–Crippen MR) is 158 cm³/mol. The highest BCUT2D eigenvalue weighted by atomic mass is 32.2. The minimum absolute atomic E-state index is 0.0150. The number of hydrogen-bond donors (Lipinski definition) is 2. The molecule has 3 rings (SSSR count). The molecule has 13 nitrogen and oxygen atoms in total. The van der Waals surface area contributed by atoms with E-state index in [9.17, 15) is 27.6 Å². The number of alkyl carbamates (subject to hydrolysis) is 1. The molecule has 0 unspecified atom stereocenters. The number of esters is 2. The second-order valence-corrected chi connectivity index (χ2v) is 11.8. The Hall–Kier alpha value is -4.30. The van der Waals surface area contributed by atoms with E-state index in [-0.39, 0.29) is 70.9 Å². The summed E-state index contributed by atoms with van der Waals surface area (Å²) in [5.74, 6) is -0.934. The Kier molecular flexibility index (Phi) is 11.0. The molecule has 0 bridgehead atoms. The maximum atomic E-state index is 14.1. The second kappa shape index (κ2) is 14.2. The number of sulfonamides is 1. The molecule has 0 radical (unpaired) electrons. The summed E-state index contributed by atoms with van der Waals surface area (Å²) >= 11 is 0. The van der Waals surface area contributed by atoms with E-state index in [4.69, 9.17) is 14.2 Å². The van der Waals surface area contributed by atoms with Gasteiger partial charge in [0.1, 0.15) is 11.5 Å². The highest BCUT2D eigenvalue weighted by molar-refractivity contribution is 7.89. The fourth-order valence-electron chi connectivity index (χ4n) is 4.47. The third-order valence-corrected chi connectivity index (χ3v) is 7.83. The number of benzene rings is 2. The molecule has 0 saturated heterocycles. The molecule has 0 atom stereocenters. The van der Waals surface area contributed by atoms with Crippen molar-refractivity contribution in [1.82, 2.24) is 19.6 Å². The lowest BCUT2D eigenvalue weighted by Crippen LogP contribution is -2.31. The molecular formula is C29H36N4O9S. The third-order valence-electron chi connectivity index (χ3n) is 6.36. The van der Waals surface area contributed by atoms with Gasteiger partial charge >= 0.3 is 18.0 Å². The Morgan fingerprint density at radius 2 is 1.77 bits per heavy atom. The number of hydrogen-bond acceptors (Lipinski definition) is 10. The van der Waals surface area contributed by atoms with E-state index >= 15 is 0 Å². The van der Waals surface area contributed by atoms with E-state index in [0.29, 0.717) is 11.1 Å². The van der Waals surface area contributed by atoms with E-state index in [1.807, 2.05) is 13.8 Å². The molecule has 0 aliphatic heterocycles. The molecule has 1 heterocycles. The fourth-order valence-corrected chi connectivity index (χ4v) is 5.38. The van der Waals surface area contributed by atoms with Crippen LogP contribution in [0.4, 0.5) is 4.79 Å². The van der Waals surface area contributed by atoms with Gasteiger partial charge in [0.25, 0.3) is 5.56 Å². The first-order chi connectivity index (χ1) is 20.3. The van der Waals surface area contributed by atoms with Gasteiger partial charge in [-0.2, -0.15) is 0 Å². The summed E-state index contributed by atoms with van der Waals surface area (Å²) in [6.07, 6.45) is -0.623. The molecule has 1 amide bonds. The van der Waals surface area contributed by atoms with Gasteiger partial charge in [-0.1, -0.05) is 26.0 Å². The van der Waals surface area contributed by atoms with Gasteiger partial charge in [-0.05, 0) is 63.1 Å². The molecule has 3 aromatic rings. The molecule has 232 valence electrons. The lowest BCUT2D eigenvalue weighted by molar-refractivity contribution is -0.144. The largest absolute Gasteiger partial charge is 0.464 e. The fraction of sp³-hybridized carbons (Fsp3) is 0.414. The van der Waals surface area contributed by atoms with Crippen LogP contribution >= 0.6 is 0 Å². The lowest BCUT2D eigenvalue weighted by atomic mass is 9.98. The van der Waals surface area contributed by atoms with Crippen molar-refractivity contribution < 1.29 is 37.0 Å². The van der Waals surface area contributed by atoms with Crippen molar-refractivity contribution in [3.8, 4) is 5.69 Å². The standard InChI is InChI=1S/C29H36N4O9S/c1-7-40-28(36)25-18(4)15-20-26(19(25)5)27(35)33(21-10-8-9-11-22(21)43(38,39)30-6)23(32-20)16-42-29(37)31-12-13-41-24(34)14-17(2)3/h8-11,15,17,30H,7,12-14,16H2,1-6H3,(H,31,37). The smallest absolute Gasteiger partial charge is 0.407 e. The number of ether oxygens (including phenoxy) is 3. The number of carbonyl (C=O) groups is 3. The van der Waals surface area contributed by atoms with Crippen LogP contribution in [-0.2, 0) is 35.6 Å². The van der Waals surface area contributed by atoms with Gasteiger partial charge in [0.2, 0.25) is 10.0 Å². The van der Waals surface area contributed by atoms with Crippen LogP contribution < -0.4 is 15.6 Å². The van der Waals surface area contributed by atoms with Gasteiger partial charge < -0.3 is 19.5 Å². The first-order valence-corrected chi connectivity index (χ1v) is 15.1. The molecule has 1 aromatic heterocycles. The van der Waals surface area contributed by atoms with E-state index in [0.717, 1.165) is 4.57 Å². The highest BCUT2D eigenvalue weighted by Crippen LogP contribution is 2.26. The Bertz CT molecular complexity index is 1700. The molecule has 2 aromatic carbocycles. The van der Waals surface area contributed by atoms with E-state index in [1.165, 1.54) is 25.2 Å². The molecule has 14 heteroatoms. The molecule has 0 aliphatic rings. The zero-order valence-corrected chi connectivity index (χ0v) is 25.8. The predicted octanol–water partition coefficient (Wildman–Crippen LogP) is 2.90. The van der Waals surface area contributed by atoms with Crippen LogP contribution in [0.15, 0.2) is 40.0 Å². The van der Waals surface area contributed by atoms with Crippen LogP contribution in [0.5, 0.6) is 0 Å². The van der Waals surface area contributed by atoms with Crippen LogP contribution in [0.25, 0.3) is 16.6 Å². The van der Waals surface area contributed by atoms with Gasteiger partial charge in [0.15, 0.2) is 12.4 Å². The van der Waals surface area contributed by atoms with Gasteiger partial charge in [-0.15, -0.1) is 0 Å². The summed E-state index contributed by atoms with van der Waals surface area (Å²) < 4.78 is 44.6. The van der Waals surface area contributed by atoms with Gasteiger partial charge in [0.05, 0.1) is 35.3 Å². The van der Waals surface area contributed by atoms with Crippen molar-refractivity contribution in [2.24, 2.45) is 5.92 Å². The zero-order chi connectivity index (χ0) is 31.9. The van der Waals surface area contributed by atoms with Crippen molar-refractivity contribution in [2.75, 3.05) is 26.8 Å². The van der Waals surface area contributed by atoms with E-state index in [1.54, 1.807) is 32.9 Å². The van der Waals surface area contributed by atoms with E-state index in [2.05, 4.69) is 15.0 Å². The first-order valence-electron chi connectivity index (χ1n) is 13.6. The molecule has 2 N–H and O–H groups in total. The number of carbonyl (C=O) groups excluding carboxylic acids is 3.